The molecule has 1 saturated heterocycles. The first-order valence-corrected chi connectivity index (χ1v) is 20.6. The Bertz CT molecular complexity index is 2590. The maximum Gasteiger partial charge on any atom is 0.437 e. The summed E-state index contributed by atoms with van der Waals surface area (Å²) in [5.74, 6) is -1.41. The van der Waals surface area contributed by atoms with Gasteiger partial charge in [-0.15, -0.1) is 4.99 Å². The van der Waals surface area contributed by atoms with Crippen LogP contribution < -0.4 is 10.6 Å². The van der Waals surface area contributed by atoms with Crippen molar-refractivity contribution in [2.45, 2.75) is 95.1 Å². The maximum atomic E-state index is 15.7. The van der Waals surface area contributed by atoms with Crippen molar-refractivity contribution >= 4 is 46.6 Å². The van der Waals surface area contributed by atoms with Gasteiger partial charge in [0.2, 0.25) is 5.96 Å². The van der Waals surface area contributed by atoms with E-state index < -0.39 is 65.7 Å². The van der Waals surface area contributed by atoms with Gasteiger partial charge in [-0.1, -0.05) is 80.9 Å². The van der Waals surface area contributed by atoms with Crippen LogP contribution in [0, 0.1) is 5.41 Å². The van der Waals surface area contributed by atoms with Crippen LogP contribution in [0.4, 0.5) is 31.5 Å². The molecule has 2 atom stereocenters. The van der Waals surface area contributed by atoms with E-state index in [1.165, 1.54) is 18.2 Å². The Hall–Kier alpha value is -6.17. The number of rotatable bonds is 12. The number of carbonyl (C=O) groups is 3. The Morgan fingerprint density at radius 3 is 2.41 bits per heavy atom. The number of nitrogens with zero attached hydrogens (tertiary/aromatic N) is 6. The van der Waals surface area contributed by atoms with E-state index in [2.05, 4.69) is 20.4 Å². The van der Waals surface area contributed by atoms with Gasteiger partial charge in [-0.05, 0) is 84.5 Å². The second kappa shape index (κ2) is 16.5. The molecule has 63 heavy (non-hydrogen) atoms. The van der Waals surface area contributed by atoms with E-state index in [1.807, 2.05) is 44.3 Å². The second-order valence-corrected chi connectivity index (χ2v) is 17.6. The number of hydrogen-bond donors (Lipinski definition) is 2. The predicted octanol–water partition coefficient (Wildman–Crippen LogP) is 9.60. The molecule has 3 aromatic carbocycles. The number of ether oxygens (including phenoxy) is 2. The fourth-order valence-corrected chi connectivity index (χ4v) is 8.03. The van der Waals surface area contributed by atoms with Crippen molar-refractivity contribution < 1.29 is 45.8 Å². The lowest BCUT2D eigenvalue weighted by Gasteiger charge is -2.35. The van der Waals surface area contributed by atoms with Crippen LogP contribution in [0.15, 0.2) is 90.2 Å². The zero-order valence-electron chi connectivity index (χ0n) is 34.3. The number of guanidine groups is 1. The molecule has 0 bridgehead atoms. The molecule has 2 aliphatic carbocycles. The third-order valence-electron chi connectivity index (χ3n) is 11.2. The Morgan fingerprint density at radius 1 is 1.00 bits per heavy atom. The van der Waals surface area contributed by atoms with E-state index >= 15 is 4.79 Å². The summed E-state index contributed by atoms with van der Waals surface area (Å²) in [6, 6.07) is 20.5. The summed E-state index contributed by atoms with van der Waals surface area (Å²) in [5.41, 5.74) is -2.03. The molecule has 19 heteroatoms. The highest BCUT2D eigenvalue weighted by atomic mass is 35.5. The van der Waals surface area contributed by atoms with Crippen LogP contribution >= 0.6 is 11.6 Å². The zero-order chi connectivity index (χ0) is 44.9. The molecule has 0 radical (unpaired) electrons. The molecule has 330 valence electrons. The fourth-order valence-electron chi connectivity index (χ4n) is 7.84. The van der Waals surface area contributed by atoms with Gasteiger partial charge < -0.3 is 20.1 Å². The minimum absolute atomic E-state index is 0.0645. The van der Waals surface area contributed by atoms with E-state index in [0.29, 0.717) is 22.6 Å². The molecular formula is C44H42ClF5N8O5. The third kappa shape index (κ3) is 9.03. The number of halogens is 6. The van der Waals surface area contributed by atoms with Gasteiger partial charge in [0.25, 0.3) is 12.3 Å². The molecule has 3 heterocycles. The molecule has 0 unspecified atom stereocenters. The van der Waals surface area contributed by atoms with Crippen LogP contribution in [-0.4, -0.2) is 67.0 Å². The Kier molecular flexibility index (Phi) is 11.4. The summed E-state index contributed by atoms with van der Waals surface area (Å²) in [6.45, 7) is 4.72. The normalized spacial score (nSPS) is 19.6. The van der Waals surface area contributed by atoms with Crippen LogP contribution in [0.2, 0.25) is 5.02 Å². The van der Waals surface area contributed by atoms with Crippen LogP contribution in [-0.2, 0) is 26.4 Å². The Labute approximate surface area is 363 Å². The first-order chi connectivity index (χ1) is 29.9. The summed E-state index contributed by atoms with van der Waals surface area (Å²) >= 11 is 6.55. The van der Waals surface area contributed by atoms with E-state index in [-0.39, 0.29) is 48.1 Å². The average Bonchev–Trinajstić information content (AvgIpc) is 4.16. The Morgan fingerprint density at radius 2 is 1.75 bits per heavy atom. The number of hydrogen-bond acceptors (Lipinski definition) is 8. The largest absolute Gasteiger partial charge is 0.447 e. The van der Waals surface area contributed by atoms with Gasteiger partial charge in [0.05, 0.1) is 22.3 Å². The van der Waals surface area contributed by atoms with E-state index in [9.17, 15) is 31.5 Å². The number of fused-ring (bicyclic) bond motifs is 1. The number of benzene rings is 3. The van der Waals surface area contributed by atoms with E-state index in [1.54, 1.807) is 42.5 Å². The number of aliphatic imine (C=N–C) groups is 1. The van der Waals surface area contributed by atoms with Crippen molar-refractivity contribution in [3.8, 4) is 5.69 Å². The van der Waals surface area contributed by atoms with Gasteiger partial charge >= 0.3 is 18.4 Å². The summed E-state index contributed by atoms with van der Waals surface area (Å²) < 4.78 is 81.8. The molecule has 1 aliphatic heterocycles. The van der Waals surface area contributed by atoms with Crippen LogP contribution in [0.5, 0.6) is 0 Å². The van der Waals surface area contributed by atoms with Crippen molar-refractivity contribution in [2.24, 2.45) is 10.4 Å². The van der Waals surface area contributed by atoms with E-state index in [4.69, 9.17) is 26.1 Å². The van der Waals surface area contributed by atoms with Gasteiger partial charge in [0, 0.05) is 17.0 Å². The molecule has 13 nitrogen and oxygen atoms in total. The molecular weight excluding hydrogens is 851 g/mol. The molecule has 3 amide bonds. The topological polar surface area (TPSA) is 153 Å². The maximum absolute atomic E-state index is 15.7. The van der Waals surface area contributed by atoms with Gasteiger partial charge in [0.1, 0.15) is 30.6 Å². The number of carbonyl (C=O) groups excluding carboxylic acids is 3. The zero-order valence-corrected chi connectivity index (χ0v) is 35.0. The third-order valence-corrected chi connectivity index (χ3v) is 11.5. The van der Waals surface area contributed by atoms with Crippen molar-refractivity contribution in [2.75, 3.05) is 6.61 Å². The average molecular weight is 893 g/mol. The highest BCUT2D eigenvalue weighted by molar-refractivity contribution is 6.32. The number of amides is 3. The first kappa shape index (κ1) is 43.5. The van der Waals surface area contributed by atoms with Crippen LogP contribution in [0.25, 0.3) is 16.6 Å². The number of pyridine rings is 1. The predicted molar refractivity (Wildman–Crippen MR) is 220 cm³/mol. The lowest BCUT2D eigenvalue weighted by atomic mass is 9.75. The number of alkyl halides is 5. The van der Waals surface area contributed by atoms with Gasteiger partial charge in [-0.3, -0.25) is 14.7 Å². The highest BCUT2D eigenvalue weighted by Crippen LogP contribution is 2.49. The second-order valence-electron chi connectivity index (χ2n) is 17.2. The van der Waals surface area contributed by atoms with Crippen molar-refractivity contribution in [1.29, 1.82) is 0 Å². The number of aromatic nitrogens is 4. The first-order valence-electron chi connectivity index (χ1n) is 20.2. The SMILES string of the molecule is CC(C)(C)C[C@]1(c2ccc3nc(C4CC4)ccc3c2)N/C(=N\C(=O)OCc2ccccc2)N([C@H](COC(=O)NC2(C(F)(F)F)CC2)c2ccc(Cl)c(-n3ncnc3C(F)F)c2)C1=O. The molecule has 2 saturated carbocycles. The number of nitrogens with one attached hydrogen (secondary N) is 2. The van der Waals surface area contributed by atoms with Crippen molar-refractivity contribution in [3.05, 3.63) is 118 Å². The molecule has 3 aliphatic rings. The lowest BCUT2D eigenvalue weighted by molar-refractivity contribution is -0.164. The molecule has 8 rings (SSSR count). The minimum atomic E-state index is -4.77. The van der Waals surface area contributed by atoms with Crippen LogP contribution in [0.1, 0.15) is 99.5 Å². The molecule has 2 N–H and O–H groups in total. The molecule has 5 aromatic rings. The highest BCUT2D eigenvalue weighted by Gasteiger charge is 2.65. The van der Waals surface area contributed by atoms with Crippen molar-refractivity contribution in [3.63, 3.8) is 0 Å². The van der Waals surface area contributed by atoms with Gasteiger partial charge in [0.15, 0.2) is 5.82 Å². The lowest BCUT2D eigenvalue weighted by Crippen LogP contribution is -2.49. The van der Waals surface area contributed by atoms with E-state index in [0.717, 1.165) is 39.8 Å². The fraction of sp³-hybridized carbons (Fsp3) is 0.386. The molecule has 3 fully saturated rings. The summed E-state index contributed by atoms with van der Waals surface area (Å²) in [7, 11) is 0. The van der Waals surface area contributed by atoms with Crippen LogP contribution in [0.3, 0.4) is 0 Å². The monoisotopic (exact) mass is 892 g/mol. The number of alkyl carbamates (subject to hydrolysis) is 1. The summed E-state index contributed by atoms with van der Waals surface area (Å²) in [5, 5.41) is 9.74. The Balaban J connectivity index is 1.26. The van der Waals surface area contributed by atoms with Crippen molar-refractivity contribution in [1.82, 2.24) is 35.3 Å². The van der Waals surface area contributed by atoms with Gasteiger partial charge in [-0.25, -0.2) is 28.0 Å². The minimum Gasteiger partial charge on any atom is -0.447 e. The quantitative estimate of drug-likeness (QED) is 0.117. The molecule has 0 spiro atoms. The summed E-state index contributed by atoms with van der Waals surface area (Å²) in [6.07, 6.45) is -8.04. The molecule has 2 aromatic heterocycles. The standard InChI is InChI=1S/C44H42ClF5N8O5/c1-41(2,3)23-43(29-13-16-32-27(19-29)12-15-31(53-32)26-9-10-26)37(59)57(38(55-43)54-39(60)62-21-25-7-5-4-6-8-25)34(22-63-40(61)56-42(17-18-42)44(48,49)50)28-11-14-30(45)33(20-28)58-36(35(46)47)51-24-52-58/h4-8,11-16,19-20,24,26,34-35H,9-10,17-18,21-23H2,1-3H3,(H,56,61)(H,54,55,60)/t34-,43-/m1/s1. The smallest absolute Gasteiger partial charge is 0.437 e. The van der Waals surface area contributed by atoms with Gasteiger partial charge in [-0.2, -0.15) is 18.3 Å². The summed E-state index contributed by atoms with van der Waals surface area (Å²) in [4.78, 5) is 56.4.